The molecule has 0 saturated heterocycles. The summed E-state index contributed by atoms with van der Waals surface area (Å²) in [6, 6.07) is 0.974. The normalized spacial score (nSPS) is 12.0. The predicted octanol–water partition coefficient (Wildman–Crippen LogP) is 10.3. The molecule has 0 aliphatic carbocycles. The summed E-state index contributed by atoms with van der Waals surface area (Å²) in [5, 5.41) is 0. The predicted molar refractivity (Wildman–Crippen MR) is 157 cm³/mol. The zero-order valence-corrected chi connectivity index (χ0v) is 25.9. The smallest absolute Gasteiger partial charge is 0.374 e. The second kappa shape index (κ2) is 27.4. The van der Waals surface area contributed by atoms with Crippen molar-refractivity contribution in [3.05, 3.63) is 0 Å². The molecule has 0 fully saturated rings. The molecule has 200 valence electrons. The third kappa shape index (κ3) is 23.0. The third-order valence-corrected chi connectivity index (χ3v) is 10.4. The van der Waals surface area contributed by atoms with Crippen molar-refractivity contribution in [3.8, 4) is 0 Å². The Morgan fingerprint density at radius 1 is 0.394 bits per heavy atom. The van der Waals surface area contributed by atoms with Crippen molar-refractivity contribution in [2.24, 2.45) is 0 Å². The largest absolute Gasteiger partial charge is 0.500 e. The van der Waals surface area contributed by atoms with Crippen molar-refractivity contribution < 1.29 is 13.3 Å². The molecule has 0 atom stereocenters. The number of hydrogen-bond acceptors (Lipinski definition) is 3. The minimum atomic E-state index is -2.41. The molecular weight excluding hydrogens is 539 g/mol. The van der Waals surface area contributed by atoms with Crippen LogP contribution in [0.25, 0.3) is 0 Å². The van der Waals surface area contributed by atoms with E-state index in [1.807, 2.05) is 20.8 Å². The lowest BCUT2D eigenvalue weighted by Crippen LogP contribution is -2.45. The first-order valence-electron chi connectivity index (χ1n) is 14.7. The van der Waals surface area contributed by atoms with E-state index in [-0.39, 0.29) is 0 Å². The molecule has 33 heavy (non-hydrogen) atoms. The number of halogens is 1. The van der Waals surface area contributed by atoms with Gasteiger partial charge in [-0.3, -0.25) is 0 Å². The summed E-state index contributed by atoms with van der Waals surface area (Å²) in [6.07, 6.45) is 28.4. The molecule has 0 bridgehead atoms. The van der Waals surface area contributed by atoms with Crippen LogP contribution in [-0.4, -0.2) is 33.1 Å². The van der Waals surface area contributed by atoms with Crippen LogP contribution < -0.4 is 0 Å². The Bertz CT molecular complexity index is 354. The van der Waals surface area contributed by atoms with Gasteiger partial charge in [0, 0.05) is 25.9 Å². The van der Waals surface area contributed by atoms with E-state index in [4.69, 9.17) is 13.3 Å². The van der Waals surface area contributed by atoms with E-state index < -0.39 is 8.80 Å². The molecule has 0 aromatic rings. The van der Waals surface area contributed by atoms with E-state index in [9.17, 15) is 0 Å². The van der Waals surface area contributed by atoms with Crippen LogP contribution in [0.1, 0.15) is 149 Å². The molecule has 0 rings (SSSR count). The van der Waals surface area contributed by atoms with E-state index in [0.29, 0.717) is 19.8 Å². The molecule has 0 unspecified atom stereocenters. The molecule has 0 aliphatic heterocycles. The molecule has 0 aromatic carbocycles. The van der Waals surface area contributed by atoms with Gasteiger partial charge in [-0.1, -0.05) is 138 Å². The molecule has 5 heteroatoms. The fraction of sp³-hybridized carbons (Fsp3) is 1.00. The molecule has 0 spiro atoms. The molecule has 0 amide bonds. The molecular formula is C28H59IO3Si. The van der Waals surface area contributed by atoms with Gasteiger partial charge in [0.15, 0.2) is 0 Å². The summed E-state index contributed by atoms with van der Waals surface area (Å²) in [6.45, 7) is 8.18. The first kappa shape index (κ1) is 33.8. The van der Waals surface area contributed by atoms with Crippen molar-refractivity contribution in [2.45, 2.75) is 155 Å². The maximum atomic E-state index is 5.95. The Morgan fingerprint density at radius 3 is 0.879 bits per heavy atom. The fourth-order valence-corrected chi connectivity index (χ4v) is 7.84. The Kier molecular flexibility index (Phi) is 28.1. The zero-order chi connectivity index (χ0) is 24.3. The minimum Gasteiger partial charge on any atom is -0.374 e. The van der Waals surface area contributed by atoms with Gasteiger partial charge in [-0.25, -0.2) is 0 Å². The highest BCUT2D eigenvalue weighted by atomic mass is 127. The molecule has 3 nitrogen and oxygen atoms in total. The van der Waals surface area contributed by atoms with Crippen molar-refractivity contribution in [1.82, 2.24) is 0 Å². The topological polar surface area (TPSA) is 27.7 Å². The molecule has 0 saturated carbocycles. The summed E-state index contributed by atoms with van der Waals surface area (Å²) < 4.78 is 19.2. The van der Waals surface area contributed by atoms with Gasteiger partial charge in [0.05, 0.1) is 0 Å². The van der Waals surface area contributed by atoms with E-state index in [1.165, 1.54) is 133 Å². The minimum absolute atomic E-state index is 0.686. The maximum Gasteiger partial charge on any atom is 0.500 e. The first-order valence-corrected chi connectivity index (χ1v) is 18.2. The van der Waals surface area contributed by atoms with E-state index in [1.54, 1.807) is 0 Å². The quantitative estimate of drug-likeness (QED) is 0.0388. The average Bonchev–Trinajstić information content (AvgIpc) is 2.80. The van der Waals surface area contributed by atoms with E-state index >= 15 is 0 Å². The monoisotopic (exact) mass is 598 g/mol. The van der Waals surface area contributed by atoms with Crippen molar-refractivity contribution in [3.63, 3.8) is 0 Å². The van der Waals surface area contributed by atoms with Crippen LogP contribution in [0, 0.1) is 0 Å². The van der Waals surface area contributed by atoms with E-state index in [0.717, 1.165) is 6.04 Å². The van der Waals surface area contributed by atoms with Gasteiger partial charge in [-0.15, -0.1) is 0 Å². The number of unbranched alkanes of at least 4 members (excludes halogenated alkanes) is 19. The lowest BCUT2D eigenvalue weighted by atomic mass is 10.0. The van der Waals surface area contributed by atoms with Crippen LogP contribution in [0.2, 0.25) is 6.04 Å². The molecule has 0 heterocycles. The SMILES string of the molecule is CCO[Si](CCCCCCCCCCCCCCCCCCCCCCI)(OCC)OCC. The van der Waals surface area contributed by atoms with Crippen LogP contribution in [0.5, 0.6) is 0 Å². The third-order valence-electron chi connectivity index (χ3n) is 6.46. The van der Waals surface area contributed by atoms with Gasteiger partial charge < -0.3 is 13.3 Å². The standard InChI is InChI=1S/C28H59IO3Si/c1-4-30-33(31-5-2,32-6-3)28-26-24-22-20-18-16-14-12-10-8-7-9-11-13-15-17-19-21-23-25-27-29/h4-28H2,1-3H3. The lowest BCUT2D eigenvalue weighted by molar-refractivity contribution is 0.0706. The van der Waals surface area contributed by atoms with Crippen LogP contribution in [0.15, 0.2) is 0 Å². The van der Waals surface area contributed by atoms with Gasteiger partial charge >= 0.3 is 8.80 Å². The molecule has 0 N–H and O–H groups in total. The lowest BCUT2D eigenvalue weighted by Gasteiger charge is -2.28. The summed E-state index contributed by atoms with van der Waals surface area (Å²) in [5.41, 5.74) is 0. The first-order chi connectivity index (χ1) is 16.2. The van der Waals surface area contributed by atoms with Crippen molar-refractivity contribution >= 4 is 31.4 Å². The molecule has 0 aromatic heterocycles. The average molecular weight is 599 g/mol. The van der Waals surface area contributed by atoms with Crippen molar-refractivity contribution in [2.75, 3.05) is 24.2 Å². The molecule has 0 radical (unpaired) electrons. The van der Waals surface area contributed by atoms with Gasteiger partial charge in [-0.2, -0.15) is 0 Å². The fourth-order valence-electron chi connectivity index (χ4n) is 4.62. The van der Waals surface area contributed by atoms with Crippen LogP contribution >= 0.6 is 22.6 Å². The highest BCUT2D eigenvalue weighted by Crippen LogP contribution is 2.21. The summed E-state index contributed by atoms with van der Waals surface area (Å²) >= 11 is 2.49. The summed E-state index contributed by atoms with van der Waals surface area (Å²) in [7, 11) is -2.41. The van der Waals surface area contributed by atoms with Crippen LogP contribution in [0.3, 0.4) is 0 Å². The highest BCUT2D eigenvalue weighted by molar-refractivity contribution is 14.1. The Hall–Kier alpha value is 0.827. The highest BCUT2D eigenvalue weighted by Gasteiger charge is 2.39. The number of hydrogen-bond donors (Lipinski definition) is 0. The Morgan fingerprint density at radius 2 is 0.636 bits per heavy atom. The molecule has 0 aliphatic rings. The zero-order valence-electron chi connectivity index (χ0n) is 22.8. The maximum absolute atomic E-state index is 5.95. The van der Waals surface area contributed by atoms with E-state index in [2.05, 4.69) is 22.6 Å². The van der Waals surface area contributed by atoms with Crippen LogP contribution in [-0.2, 0) is 13.3 Å². The van der Waals surface area contributed by atoms with Gasteiger partial charge in [0.1, 0.15) is 0 Å². The van der Waals surface area contributed by atoms with Gasteiger partial charge in [0.2, 0.25) is 0 Å². The Labute approximate surface area is 223 Å². The number of alkyl halides is 1. The Balaban J connectivity index is 3.35. The van der Waals surface area contributed by atoms with Gasteiger partial charge in [0.25, 0.3) is 0 Å². The second-order valence-electron chi connectivity index (χ2n) is 9.49. The van der Waals surface area contributed by atoms with Gasteiger partial charge in [-0.05, 0) is 38.0 Å². The van der Waals surface area contributed by atoms with Crippen LogP contribution in [0.4, 0.5) is 0 Å². The summed E-state index contributed by atoms with van der Waals surface area (Å²) in [4.78, 5) is 0. The number of rotatable bonds is 28. The van der Waals surface area contributed by atoms with Crippen molar-refractivity contribution in [1.29, 1.82) is 0 Å². The summed E-state index contributed by atoms with van der Waals surface area (Å²) in [5.74, 6) is 0. The second-order valence-corrected chi connectivity index (χ2v) is 13.3.